The topological polar surface area (TPSA) is 12.0 Å². The van der Waals surface area contributed by atoms with E-state index in [1.165, 1.54) is 35.6 Å². The molecule has 1 saturated carbocycles. The highest BCUT2D eigenvalue weighted by molar-refractivity contribution is 6.20. The minimum Gasteiger partial charge on any atom is -0.312 e. The van der Waals surface area contributed by atoms with Gasteiger partial charge in [0.05, 0.1) is 0 Å². The van der Waals surface area contributed by atoms with Crippen molar-refractivity contribution in [3.8, 4) is 0 Å². The minimum absolute atomic E-state index is 0.407. The highest BCUT2D eigenvalue weighted by atomic mass is 35.5. The van der Waals surface area contributed by atoms with Gasteiger partial charge in [-0.1, -0.05) is 42.5 Å². The number of hydrogen-bond donors (Lipinski definition) is 1. The van der Waals surface area contributed by atoms with E-state index in [1.54, 1.807) is 0 Å². The highest BCUT2D eigenvalue weighted by Crippen LogP contribution is 2.28. The number of halogens is 1. The van der Waals surface area contributed by atoms with E-state index >= 15 is 0 Å². The Bertz CT molecular complexity index is 546. The lowest BCUT2D eigenvalue weighted by atomic mass is 10.0. The molecule has 2 aromatic rings. The predicted molar refractivity (Wildman–Crippen MR) is 82.6 cm³/mol. The van der Waals surface area contributed by atoms with E-state index in [4.69, 9.17) is 11.6 Å². The first kappa shape index (κ1) is 13.0. The van der Waals surface area contributed by atoms with Gasteiger partial charge in [-0.25, -0.2) is 0 Å². The second-order valence-electron chi connectivity index (χ2n) is 5.55. The Hall–Kier alpha value is -1.05. The second kappa shape index (κ2) is 5.94. The third-order valence-corrected chi connectivity index (χ3v) is 4.50. The number of hydrogen-bond acceptors (Lipinski definition) is 1. The molecule has 1 fully saturated rings. The van der Waals surface area contributed by atoms with Gasteiger partial charge in [0, 0.05) is 11.9 Å². The summed E-state index contributed by atoms with van der Waals surface area (Å²) >= 11 is 6.15. The summed E-state index contributed by atoms with van der Waals surface area (Å²) in [5, 5.41) is 6.69. The normalized spacial score (nSPS) is 23.0. The lowest BCUT2D eigenvalue weighted by Crippen LogP contribution is -2.21. The van der Waals surface area contributed by atoms with Crippen LogP contribution in [-0.2, 0) is 6.54 Å². The second-order valence-corrected chi connectivity index (χ2v) is 6.16. The first-order chi connectivity index (χ1) is 9.33. The number of rotatable bonds is 4. The third kappa shape index (κ3) is 3.10. The molecule has 0 heterocycles. The van der Waals surface area contributed by atoms with Crippen molar-refractivity contribution in [2.45, 2.75) is 31.2 Å². The largest absolute Gasteiger partial charge is 0.312 e. The van der Waals surface area contributed by atoms with Gasteiger partial charge in [0.2, 0.25) is 0 Å². The van der Waals surface area contributed by atoms with E-state index in [2.05, 4.69) is 47.8 Å². The molecule has 0 bridgehead atoms. The zero-order valence-corrected chi connectivity index (χ0v) is 11.9. The van der Waals surface area contributed by atoms with Crippen molar-refractivity contribution >= 4 is 22.4 Å². The van der Waals surface area contributed by atoms with Gasteiger partial charge >= 0.3 is 0 Å². The van der Waals surface area contributed by atoms with Gasteiger partial charge in [0.25, 0.3) is 0 Å². The van der Waals surface area contributed by atoms with Crippen LogP contribution in [0, 0.1) is 5.92 Å². The number of benzene rings is 2. The maximum atomic E-state index is 6.15. The van der Waals surface area contributed by atoms with Crippen LogP contribution in [-0.4, -0.2) is 11.9 Å². The lowest BCUT2D eigenvalue weighted by Gasteiger charge is -2.12. The zero-order chi connectivity index (χ0) is 13.1. The molecule has 100 valence electrons. The Kier molecular flexibility index (Phi) is 4.05. The van der Waals surface area contributed by atoms with Crippen LogP contribution in [0.3, 0.4) is 0 Å². The maximum Gasteiger partial charge on any atom is 0.0339 e. The molecule has 1 aliphatic carbocycles. The molecule has 2 atom stereocenters. The quantitative estimate of drug-likeness (QED) is 0.818. The van der Waals surface area contributed by atoms with Crippen LogP contribution >= 0.6 is 11.6 Å². The summed E-state index contributed by atoms with van der Waals surface area (Å²) in [6.07, 6.45) is 3.63. The fraction of sp³-hybridized carbons (Fsp3) is 0.412. The monoisotopic (exact) mass is 273 g/mol. The van der Waals surface area contributed by atoms with Crippen LogP contribution < -0.4 is 5.32 Å². The standard InChI is InChI=1S/C17H20ClN/c18-16-9-8-13(10-16)11-19-12-15-6-3-5-14-4-1-2-7-17(14)15/h1-7,13,16,19H,8-12H2. The Morgan fingerprint density at radius 1 is 1.05 bits per heavy atom. The van der Waals surface area contributed by atoms with Crippen LogP contribution in [0.4, 0.5) is 0 Å². The fourth-order valence-corrected chi connectivity index (χ4v) is 3.43. The molecule has 0 spiro atoms. The van der Waals surface area contributed by atoms with E-state index in [9.17, 15) is 0 Å². The van der Waals surface area contributed by atoms with Crippen molar-refractivity contribution < 1.29 is 0 Å². The molecule has 0 aromatic heterocycles. The molecular weight excluding hydrogens is 254 g/mol. The van der Waals surface area contributed by atoms with Crippen molar-refractivity contribution in [1.29, 1.82) is 0 Å². The van der Waals surface area contributed by atoms with Crippen LogP contribution in [0.15, 0.2) is 42.5 Å². The number of nitrogens with one attached hydrogen (secondary N) is 1. The van der Waals surface area contributed by atoms with Crippen molar-refractivity contribution in [3.05, 3.63) is 48.0 Å². The summed E-state index contributed by atoms with van der Waals surface area (Å²) in [4.78, 5) is 0. The average Bonchev–Trinajstić information content (AvgIpc) is 2.85. The smallest absolute Gasteiger partial charge is 0.0339 e. The van der Waals surface area contributed by atoms with Crippen molar-refractivity contribution in [2.75, 3.05) is 6.54 Å². The van der Waals surface area contributed by atoms with E-state index < -0.39 is 0 Å². The van der Waals surface area contributed by atoms with Crippen LogP contribution in [0.5, 0.6) is 0 Å². The fourth-order valence-electron chi connectivity index (χ4n) is 3.06. The molecular formula is C17H20ClN. The van der Waals surface area contributed by atoms with Gasteiger partial charge in [0.1, 0.15) is 0 Å². The van der Waals surface area contributed by atoms with E-state index in [0.29, 0.717) is 5.38 Å². The van der Waals surface area contributed by atoms with Crippen LogP contribution in [0.2, 0.25) is 0 Å². The summed E-state index contributed by atoms with van der Waals surface area (Å²) in [5.41, 5.74) is 1.39. The Balaban J connectivity index is 1.62. The first-order valence-corrected chi connectivity index (χ1v) is 7.58. The third-order valence-electron chi connectivity index (χ3n) is 4.11. The van der Waals surface area contributed by atoms with Gasteiger partial charge in [-0.2, -0.15) is 0 Å². The minimum atomic E-state index is 0.407. The molecule has 1 N–H and O–H groups in total. The summed E-state index contributed by atoms with van der Waals surface area (Å²) in [5.74, 6) is 0.762. The molecule has 2 unspecified atom stereocenters. The molecule has 2 heteroatoms. The van der Waals surface area contributed by atoms with Gasteiger partial charge in [-0.3, -0.25) is 0 Å². The molecule has 1 aliphatic rings. The molecule has 2 aromatic carbocycles. The Morgan fingerprint density at radius 2 is 1.89 bits per heavy atom. The summed E-state index contributed by atoms with van der Waals surface area (Å²) in [6, 6.07) is 15.1. The Labute approximate surface area is 120 Å². The van der Waals surface area contributed by atoms with Gasteiger partial charge in [-0.15, -0.1) is 11.6 Å². The van der Waals surface area contributed by atoms with Crippen molar-refractivity contribution in [3.63, 3.8) is 0 Å². The summed E-state index contributed by atoms with van der Waals surface area (Å²) in [6.45, 7) is 2.04. The molecule has 0 amide bonds. The number of alkyl halides is 1. The molecule has 0 aliphatic heterocycles. The van der Waals surface area contributed by atoms with Crippen molar-refractivity contribution in [1.82, 2.24) is 5.32 Å². The zero-order valence-electron chi connectivity index (χ0n) is 11.1. The molecule has 1 nitrogen and oxygen atoms in total. The first-order valence-electron chi connectivity index (χ1n) is 7.14. The molecule has 19 heavy (non-hydrogen) atoms. The van der Waals surface area contributed by atoms with Crippen LogP contribution in [0.1, 0.15) is 24.8 Å². The molecule has 3 rings (SSSR count). The lowest BCUT2D eigenvalue weighted by molar-refractivity contribution is 0.490. The van der Waals surface area contributed by atoms with E-state index in [1.807, 2.05) is 0 Å². The maximum absolute atomic E-state index is 6.15. The SMILES string of the molecule is ClC1CCC(CNCc2cccc3ccccc23)C1. The average molecular weight is 274 g/mol. The van der Waals surface area contributed by atoms with Crippen LogP contribution in [0.25, 0.3) is 10.8 Å². The Morgan fingerprint density at radius 3 is 2.74 bits per heavy atom. The van der Waals surface area contributed by atoms with Gasteiger partial charge < -0.3 is 5.32 Å². The predicted octanol–water partition coefficient (Wildman–Crippen LogP) is 4.34. The summed E-state index contributed by atoms with van der Waals surface area (Å²) in [7, 11) is 0. The number of fused-ring (bicyclic) bond motifs is 1. The van der Waals surface area contributed by atoms with Crippen molar-refractivity contribution in [2.24, 2.45) is 5.92 Å². The van der Waals surface area contributed by atoms with E-state index in [0.717, 1.165) is 19.0 Å². The van der Waals surface area contributed by atoms with Gasteiger partial charge in [-0.05, 0) is 48.1 Å². The van der Waals surface area contributed by atoms with E-state index in [-0.39, 0.29) is 0 Å². The molecule has 0 radical (unpaired) electrons. The van der Waals surface area contributed by atoms with Gasteiger partial charge in [0.15, 0.2) is 0 Å². The summed E-state index contributed by atoms with van der Waals surface area (Å²) < 4.78 is 0. The molecule has 0 saturated heterocycles. The highest BCUT2D eigenvalue weighted by Gasteiger charge is 2.22.